The van der Waals surface area contributed by atoms with Crippen LogP contribution in [-0.2, 0) is 14.8 Å². The molecular weight excluding hydrogens is 446 g/mol. The van der Waals surface area contributed by atoms with Crippen molar-refractivity contribution in [2.24, 2.45) is 5.92 Å². The Morgan fingerprint density at radius 3 is 2.50 bits per heavy atom. The zero-order valence-electron chi connectivity index (χ0n) is 18.0. The van der Waals surface area contributed by atoms with Gasteiger partial charge in [0.05, 0.1) is 17.2 Å². The highest BCUT2D eigenvalue weighted by atomic mass is 32.2. The van der Waals surface area contributed by atoms with Crippen LogP contribution >= 0.6 is 11.3 Å². The standard InChI is InChI=1S/C23H29N3O4S2/c27-22(17-8-6-14-26(16-17)32(29,30)21-13-7-15-31-21)25-20-12-5-4-11-19(20)23(28)24-18-9-2-1-3-10-18/h4-5,7,11-13,15,17-18H,1-3,6,8-10,14,16H2,(H,24,28)(H,25,27)/t17-/m1/s1. The third kappa shape index (κ3) is 5.22. The smallest absolute Gasteiger partial charge is 0.253 e. The predicted molar refractivity (Wildman–Crippen MR) is 125 cm³/mol. The maximum Gasteiger partial charge on any atom is 0.253 e. The number of amides is 2. The molecule has 4 rings (SSSR count). The first-order valence-corrected chi connectivity index (χ1v) is 13.5. The molecule has 0 bridgehead atoms. The summed E-state index contributed by atoms with van der Waals surface area (Å²) in [7, 11) is -3.59. The molecule has 2 N–H and O–H groups in total. The van der Waals surface area contributed by atoms with Gasteiger partial charge >= 0.3 is 0 Å². The summed E-state index contributed by atoms with van der Waals surface area (Å²) in [6, 6.07) is 10.5. The molecule has 1 saturated heterocycles. The number of sulfonamides is 1. The number of benzene rings is 1. The minimum absolute atomic E-state index is 0.141. The molecule has 2 amide bonds. The fourth-order valence-corrected chi connectivity index (χ4v) is 7.12. The van der Waals surface area contributed by atoms with E-state index in [0.29, 0.717) is 34.8 Å². The number of nitrogens with one attached hydrogen (secondary N) is 2. The highest BCUT2D eigenvalue weighted by molar-refractivity contribution is 7.91. The second-order valence-corrected chi connectivity index (χ2v) is 11.6. The van der Waals surface area contributed by atoms with Gasteiger partial charge in [-0.25, -0.2) is 8.42 Å². The third-order valence-corrected chi connectivity index (χ3v) is 9.45. The molecule has 1 aliphatic heterocycles. The molecule has 2 heterocycles. The lowest BCUT2D eigenvalue weighted by Gasteiger charge is -2.31. The van der Waals surface area contributed by atoms with Crippen molar-refractivity contribution in [1.82, 2.24) is 9.62 Å². The van der Waals surface area contributed by atoms with Gasteiger partial charge in [0.25, 0.3) is 15.9 Å². The van der Waals surface area contributed by atoms with Crippen molar-refractivity contribution in [3.8, 4) is 0 Å². The van der Waals surface area contributed by atoms with Gasteiger partial charge in [-0.3, -0.25) is 9.59 Å². The Kier molecular flexibility index (Phi) is 7.27. The molecule has 172 valence electrons. The Morgan fingerprint density at radius 2 is 1.75 bits per heavy atom. The van der Waals surface area contributed by atoms with Crippen molar-refractivity contribution in [1.29, 1.82) is 0 Å². The summed E-state index contributed by atoms with van der Waals surface area (Å²) >= 11 is 1.18. The van der Waals surface area contributed by atoms with E-state index in [1.165, 1.54) is 22.1 Å². The summed E-state index contributed by atoms with van der Waals surface area (Å²) in [4.78, 5) is 25.9. The lowest BCUT2D eigenvalue weighted by atomic mass is 9.95. The lowest BCUT2D eigenvalue weighted by molar-refractivity contribution is -0.120. The number of carbonyl (C=O) groups is 2. The first-order valence-electron chi connectivity index (χ1n) is 11.2. The van der Waals surface area contributed by atoms with Crippen LogP contribution < -0.4 is 10.6 Å². The highest BCUT2D eigenvalue weighted by Gasteiger charge is 2.34. The summed E-state index contributed by atoms with van der Waals surface area (Å²) < 4.78 is 27.4. The molecule has 1 aliphatic carbocycles. The number of nitrogens with zero attached hydrogens (tertiary/aromatic N) is 1. The molecule has 1 aromatic heterocycles. The number of hydrogen-bond donors (Lipinski definition) is 2. The van der Waals surface area contributed by atoms with Crippen molar-refractivity contribution in [3.05, 3.63) is 47.3 Å². The van der Waals surface area contributed by atoms with Gasteiger partial charge in [0.2, 0.25) is 5.91 Å². The monoisotopic (exact) mass is 475 g/mol. The molecule has 2 aromatic rings. The first kappa shape index (κ1) is 22.9. The summed E-state index contributed by atoms with van der Waals surface area (Å²) in [6.45, 7) is 0.549. The van der Waals surface area contributed by atoms with E-state index >= 15 is 0 Å². The zero-order chi connectivity index (χ0) is 22.6. The van der Waals surface area contributed by atoms with E-state index in [9.17, 15) is 18.0 Å². The van der Waals surface area contributed by atoms with Crippen LogP contribution in [0.2, 0.25) is 0 Å². The van der Waals surface area contributed by atoms with E-state index in [4.69, 9.17) is 0 Å². The average molecular weight is 476 g/mol. The topological polar surface area (TPSA) is 95.6 Å². The van der Waals surface area contributed by atoms with Crippen molar-refractivity contribution in [2.45, 2.75) is 55.2 Å². The van der Waals surface area contributed by atoms with Crippen LogP contribution in [0, 0.1) is 5.92 Å². The number of rotatable bonds is 6. The van der Waals surface area contributed by atoms with Gasteiger partial charge in [-0.05, 0) is 49.3 Å². The fourth-order valence-electron chi connectivity index (χ4n) is 4.45. The highest BCUT2D eigenvalue weighted by Crippen LogP contribution is 2.27. The van der Waals surface area contributed by atoms with Crippen LogP contribution in [0.3, 0.4) is 0 Å². The van der Waals surface area contributed by atoms with Crippen molar-refractivity contribution in [3.63, 3.8) is 0 Å². The molecule has 7 nitrogen and oxygen atoms in total. The van der Waals surface area contributed by atoms with E-state index in [1.54, 1.807) is 41.8 Å². The van der Waals surface area contributed by atoms with E-state index in [1.807, 2.05) is 0 Å². The van der Waals surface area contributed by atoms with Crippen molar-refractivity contribution < 1.29 is 18.0 Å². The maximum atomic E-state index is 13.0. The molecule has 0 radical (unpaired) electrons. The molecule has 0 spiro atoms. The van der Waals surface area contributed by atoms with E-state index in [2.05, 4.69) is 10.6 Å². The number of para-hydroxylation sites is 1. The Labute approximate surface area is 193 Å². The molecule has 0 unspecified atom stereocenters. The molecule has 9 heteroatoms. The van der Waals surface area contributed by atoms with Crippen LogP contribution in [0.25, 0.3) is 0 Å². The second kappa shape index (κ2) is 10.1. The van der Waals surface area contributed by atoms with Crippen LogP contribution in [0.1, 0.15) is 55.3 Å². The van der Waals surface area contributed by atoms with Crippen molar-refractivity contribution >= 4 is 38.9 Å². The van der Waals surface area contributed by atoms with Gasteiger partial charge in [0.15, 0.2) is 0 Å². The second-order valence-electron chi connectivity index (χ2n) is 8.48. The zero-order valence-corrected chi connectivity index (χ0v) is 19.6. The van der Waals surface area contributed by atoms with E-state index in [-0.39, 0.29) is 24.4 Å². The molecule has 32 heavy (non-hydrogen) atoms. The average Bonchev–Trinajstić information content (AvgIpc) is 3.36. The molecule has 2 fully saturated rings. The summed E-state index contributed by atoms with van der Waals surface area (Å²) in [5.74, 6) is -0.903. The Morgan fingerprint density at radius 1 is 0.969 bits per heavy atom. The fraction of sp³-hybridized carbons (Fsp3) is 0.478. The van der Waals surface area contributed by atoms with Crippen molar-refractivity contribution in [2.75, 3.05) is 18.4 Å². The number of anilines is 1. The largest absolute Gasteiger partial charge is 0.349 e. The molecule has 1 atom stereocenters. The Hall–Kier alpha value is -2.23. The number of piperidine rings is 1. The third-order valence-electron chi connectivity index (χ3n) is 6.21. The summed E-state index contributed by atoms with van der Waals surface area (Å²) in [5, 5.41) is 7.71. The minimum atomic E-state index is -3.59. The molecule has 1 saturated carbocycles. The van der Waals surface area contributed by atoms with Gasteiger partial charge in [-0.15, -0.1) is 11.3 Å². The van der Waals surface area contributed by atoms with Crippen LogP contribution in [0.5, 0.6) is 0 Å². The molecule has 2 aliphatic rings. The quantitative estimate of drug-likeness (QED) is 0.663. The predicted octanol–water partition coefficient (Wildman–Crippen LogP) is 3.85. The lowest BCUT2D eigenvalue weighted by Crippen LogP contribution is -2.43. The summed E-state index contributed by atoms with van der Waals surface area (Å²) in [6.07, 6.45) is 6.64. The van der Waals surface area contributed by atoms with Gasteiger partial charge in [0, 0.05) is 19.1 Å². The van der Waals surface area contributed by atoms with Gasteiger partial charge in [0.1, 0.15) is 4.21 Å². The first-order chi connectivity index (χ1) is 15.4. The van der Waals surface area contributed by atoms with Gasteiger partial charge in [-0.2, -0.15) is 4.31 Å². The Bertz CT molecular complexity index is 1050. The minimum Gasteiger partial charge on any atom is -0.349 e. The summed E-state index contributed by atoms with van der Waals surface area (Å²) in [5.41, 5.74) is 0.898. The number of carbonyl (C=O) groups excluding carboxylic acids is 2. The van der Waals surface area contributed by atoms with E-state index in [0.717, 1.165) is 25.7 Å². The molecular formula is C23H29N3O4S2. The van der Waals surface area contributed by atoms with Crippen LogP contribution in [0.15, 0.2) is 46.0 Å². The SMILES string of the molecule is O=C(NC1CCCCC1)c1ccccc1NC(=O)[C@@H]1CCCN(S(=O)(=O)c2cccs2)C1. The number of hydrogen-bond acceptors (Lipinski definition) is 5. The normalized spacial score (nSPS) is 20.6. The molecule has 1 aromatic carbocycles. The Balaban J connectivity index is 1.43. The number of thiophene rings is 1. The van der Waals surface area contributed by atoms with Crippen LogP contribution in [0.4, 0.5) is 5.69 Å². The van der Waals surface area contributed by atoms with E-state index < -0.39 is 15.9 Å². The maximum absolute atomic E-state index is 13.0. The van der Waals surface area contributed by atoms with Gasteiger partial charge < -0.3 is 10.6 Å². The van der Waals surface area contributed by atoms with Gasteiger partial charge in [-0.1, -0.05) is 37.5 Å². The van der Waals surface area contributed by atoms with Crippen LogP contribution in [-0.4, -0.2) is 43.7 Å².